The van der Waals surface area contributed by atoms with Crippen LogP contribution in [-0.2, 0) is 9.63 Å². The molecule has 0 saturated heterocycles. The zero-order chi connectivity index (χ0) is 19.7. The van der Waals surface area contributed by atoms with Gasteiger partial charge >= 0.3 is 0 Å². The lowest BCUT2D eigenvalue weighted by Gasteiger charge is -2.23. The summed E-state index contributed by atoms with van der Waals surface area (Å²) in [5.41, 5.74) is 2.05. The third kappa shape index (κ3) is 3.44. The van der Waals surface area contributed by atoms with E-state index >= 15 is 0 Å². The van der Waals surface area contributed by atoms with Crippen LogP contribution in [-0.4, -0.2) is 22.6 Å². The van der Waals surface area contributed by atoms with E-state index in [1.807, 2.05) is 61.5 Å². The van der Waals surface area contributed by atoms with E-state index in [-0.39, 0.29) is 17.5 Å². The molecular formula is C22H19N3O3. The second-order valence-electron chi connectivity index (χ2n) is 6.56. The minimum Gasteiger partial charge on any atom is -0.486 e. The van der Waals surface area contributed by atoms with Crippen LogP contribution in [0.25, 0.3) is 6.08 Å². The lowest BCUT2D eigenvalue weighted by atomic mass is 10.1. The number of carbonyl (C=O) groups excluding carboxylic acids is 1. The Bertz CT molecular complexity index is 1020. The number of amides is 1. The van der Waals surface area contributed by atoms with Gasteiger partial charge in [-0.2, -0.15) is 4.99 Å². The van der Waals surface area contributed by atoms with Crippen LogP contribution in [0.1, 0.15) is 31.1 Å². The molecule has 0 spiro atoms. The van der Waals surface area contributed by atoms with Crippen molar-refractivity contribution in [2.24, 2.45) is 4.99 Å². The Hall–Kier alpha value is -3.67. The highest BCUT2D eigenvalue weighted by Gasteiger charge is 2.34. The molecule has 140 valence electrons. The van der Waals surface area contributed by atoms with Crippen molar-refractivity contribution in [3.05, 3.63) is 83.1 Å². The Kier molecular flexibility index (Phi) is 4.53. The van der Waals surface area contributed by atoms with E-state index in [2.05, 4.69) is 4.99 Å². The first-order valence-corrected chi connectivity index (χ1v) is 8.93. The van der Waals surface area contributed by atoms with Crippen LogP contribution in [0.15, 0.2) is 77.0 Å². The third-order valence-corrected chi connectivity index (χ3v) is 4.45. The van der Waals surface area contributed by atoms with Crippen molar-refractivity contribution in [1.29, 1.82) is 5.41 Å². The maximum Gasteiger partial charge on any atom is 0.282 e. The number of aliphatic imine (C=N–C) groups is 1. The fourth-order valence-corrected chi connectivity index (χ4v) is 3.01. The van der Waals surface area contributed by atoms with Gasteiger partial charge in [0.2, 0.25) is 0 Å². The van der Waals surface area contributed by atoms with Crippen LogP contribution < -0.4 is 4.74 Å². The van der Waals surface area contributed by atoms with Crippen molar-refractivity contribution >= 4 is 23.7 Å². The monoisotopic (exact) mass is 373 g/mol. The van der Waals surface area contributed by atoms with E-state index in [0.29, 0.717) is 11.6 Å². The first-order valence-electron chi connectivity index (χ1n) is 8.93. The zero-order valence-corrected chi connectivity index (χ0v) is 15.5. The van der Waals surface area contributed by atoms with Crippen LogP contribution in [0.2, 0.25) is 0 Å². The summed E-state index contributed by atoms with van der Waals surface area (Å²) < 4.78 is 5.97. The van der Waals surface area contributed by atoms with Crippen molar-refractivity contribution in [1.82, 2.24) is 5.06 Å². The van der Waals surface area contributed by atoms with Crippen molar-refractivity contribution in [2.75, 3.05) is 0 Å². The second-order valence-corrected chi connectivity index (χ2v) is 6.56. The molecule has 0 aromatic heterocycles. The molecule has 2 aromatic carbocycles. The molecule has 2 aliphatic rings. The van der Waals surface area contributed by atoms with Gasteiger partial charge < -0.3 is 9.57 Å². The van der Waals surface area contributed by atoms with Gasteiger partial charge in [0.25, 0.3) is 5.91 Å². The first kappa shape index (κ1) is 17.7. The Labute approximate surface area is 162 Å². The average molecular weight is 373 g/mol. The molecule has 1 N–H and O–H groups in total. The molecule has 0 bridgehead atoms. The van der Waals surface area contributed by atoms with E-state index in [0.717, 1.165) is 16.9 Å². The molecule has 1 amide bonds. The summed E-state index contributed by atoms with van der Waals surface area (Å²) >= 11 is 0. The van der Waals surface area contributed by atoms with E-state index in [1.54, 1.807) is 19.1 Å². The highest BCUT2D eigenvalue weighted by atomic mass is 16.7. The highest BCUT2D eigenvalue weighted by Crippen LogP contribution is 2.25. The number of allylic oxidation sites excluding steroid dienone is 1. The normalized spacial score (nSPS) is 18.4. The van der Waals surface area contributed by atoms with Gasteiger partial charge in [-0.25, -0.2) is 0 Å². The first-order chi connectivity index (χ1) is 13.5. The number of rotatable bonds is 4. The van der Waals surface area contributed by atoms with Gasteiger partial charge in [-0.15, -0.1) is 5.06 Å². The molecule has 0 radical (unpaired) electrons. The number of benzene rings is 2. The van der Waals surface area contributed by atoms with Crippen LogP contribution in [0.5, 0.6) is 5.75 Å². The molecule has 0 saturated carbocycles. The maximum absolute atomic E-state index is 12.3. The molecule has 2 aliphatic heterocycles. The largest absolute Gasteiger partial charge is 0.486 e. The third-order valence-electron chi connectivity index (χ3n) is 4.45. The van der Waals surface area contributed by atoms with Crippen molar-refractivity contribution in [3.63, 3.8) is 0 Å². The van der Waals surface area contributed by atoms with E-state index in [1.165, 1.54) is 5.06 Å². The Morgan fingerprint density at radius 2 is 1.86 bits per heavy atom. The number of fused-ring (bicyclic) bond motifs is 1. The van der Waals surface area contributed by atoms with E-state index < -0.39 is 5.91 Å². The smallest absolute Gasteiger partial charge is 0.282 e. The molecule has 0 unspecified atom stereocenters. The van der Waals surface area contributed by atoms with Gasteiger partial charge in [-0.1, -0.05) is 42.5 Å². The zero-order valence-electron chi connectivity index (χ0n) is 15.5. The number of nitrogens with zero attached hydrogens (tertiary/aromatic N) is 2. The number of hydroxylamine groups is 2. The minimum absolute atomic E-state index is 0.0267. The van der Waals surface area contributed by atoms with Gasteiger partial charge in [0.15, 0.2) is 11.7 Å². The molecule has 6 nitrogen and oxygen atoms in total. The van der Waals surface area contributed by atoms with Gasteiger partial charge in [-0.3, -0.25) is 10.2 Å². The second kappa shape index (κ2) is 7.15. The van der Waals surface area contributed by atoms with Crippen LogP contribution in [0, 0.1) is 5.41 Å². The fraction of sp³-hybridized carbons (Fsp3) is 0.136. The maximum atomic E-state index is 12.3. The fourth-order valence-electron chi connectivity index (χ4n) is 3.01. The predicted molar refractivity (Wildman–Crippen MR) is 107 cm³/mol. The highest BCUT2D eigenvalue weighted by molar-refractivity contribution is 6.32. The van der Waals surface area contributed by atoms with Gasteiger partial charge in [0, 0.05) is 6.08 Å². The molecule has 4 rings (SSSR count). The number of hydrogen-bond acceptors (Lipinski definition) is 4. The SMILES string of the molecule is CC1=CC2=NC(=O)/C(=C\c3ccc(O[C@@H](C)c4ccccc4)cc3)C(=N)N2O1. The Morgan fingerprint density at radius 1 is 1.14 bits per heavy atom. The lowest BCUT2D eigenvalue weighted by molar-refractivity contribution is -0.114. The quantitative estimate of drug-likeness (QED) is 0.812. The van der Waals surface area contributed by atoms with E-state index in [9.17, 15) is 4.79 Å². The summed E-state index contributed by atoms with van der Waals surface area (Å²) in [4.78, 5) is 21.7. The summed E-state index contributed by atoms with van der Waals surface area (Å²) in [6, 6.07) is 17.4. The number of amidine groups is 2. The predicted octanol–water partition coefficient (Wildman–Crippen LogP) is 4.28. The Morgan fingerprint density at radius 3 is 2.57 bits per heavy atom. The molecule has 2 heterocycles. The molecule has 0 aliphatic carbocycles. The van der Waals surface area contributed by atoms with Crippen molar-refractivity contribution in [2.45, 2.75) is 20.0 Å². The number of hydrogen-bond donors (Lipinski definition) is 1. The summed E-state index contributed by atoms with van der Waals surface area (Å²) in [5, 5.41) is 9.50. The van der Waals surface area contributed by atoms with Crippen molar-refractivity contribution < 1.29 is 14.4 Å². The van der Waals surface area contributed by atoms with Crippen LogP contribution in [0.3, 0.4) is 0 Å². The summed E-state index contributed by atoms with van der Waals surface area (Å²) in [6.45, 7) is 3.74. The Balaban J connectivity index is 1.50. The van der Waals surface area contributed by atoms with Gasteiger partial charge in [0.1, 0.15) is 17.6 Å². The summed E-state index contributed by atoms with van der Waals surface area (Å²) in [5.74, 6) is 1.17. The molecule has 1 atom stereocenters. The minimum atomic E-state index is -0.455. The lowest BCUT2D eigenvalue weighted by Crippen LogP contribution is -2.38. The molecule has 0 fully saturated rings. The summed E-state index contributed by atoms with van der Waals surface area (Å²) in [7, 11) is 0. The van der Waals surface area contributed by atoms with E-state index in [4.69, 9.17) is 15.0 Å². The van der Waals surface area contributed by atoms with Crippen LogP contribution >= 0.6 is 0 Å². The van der Waals surface area contributed by atoms with Gasteiger partial charge in [0.05, 0.1) is 5.57 Å². The van der Waals surface area contributed by atoms with Crippen LogP contribution in [0.4, 0.5) is 0 Å². The number of ether oxygens (including phenoxy) is 1. The number of nitrogens with one attached hydrogen (secondary N) is 1. The molecular weight excluding hydrogens is 354 g/mol. The molecule has 28 heavy (non-hydrogen) atoms. The van der Waals surface area contributed by atoms with Gasteiger partial charge in [-0.05, 0) is 43.2 Å². The van der Waals surface area contributed by atoms with Crippen molar-refractivity contribution in [3.8, 4) is 5.75 Å². The summed E-state index contributed by atoms with van der Waals surface area (Å²) in [6.07, 6.45) is 3.18. The topological polar surface area (TPSA) is 75.0 Å². The average Bonchev–Trinajstić information content (AvgIpc) is 3.07. The molecule has 6 heteroatoms. The number of carbonyl (C=O) groups is 1. The molecule has 2 aromatic rings. The standard InChI is InChI=1S/C22H19N3O3/c1-14-12-20-24-22(26)19(21(23)25(20)28-14)13-16-8-10-18(11-9-16)27-15(2)17-6-4-3-5-7-17/h3-13,15,23H,1-2H3/b19-13-,23-21?/t15-/m0/s1.